The van der Waals surface area contributed by atoms with Crippen molar-refractivity contribution in [2.45, 2.75) is 26.2 Å². The number of nitrogens with two attached hydrogens (primary N) is 1. The number of hydrogen-bond acceptors (Lipinski definition) is 2. The Kier molecular flexibility index (Phi) is 8.19. The van der Waals surface area contributed by atoms with Gasteiger partial charge >= 0.3 is 0 Å². The number of pyridine rings is 1. The van der Waals surface area contributed by atoms with Crippen molar-refractivity contribution in [2.75, 3.05) is 0 Å². The lowest BCUT2D eigenvalue weighted by molar-refractivity contribution is 0.966. The summed E-state index contributed by atoms with van der Waals surface area (Å²) in [6.45, 7) is 4.19. The molecule has 31 heavy (non-hydrogen) atoms. The number of nitrogens with zero attached hydrogens (tertiary/aromatic N) is 1. The highest BCUT2D eigenvalue weighted by atomic mass is 14.6. The van der Waals surface area contributed by atoms with E-state index in [1.807, 2.05) is 43.5 Å². The van der Waals surface area contributed by atoms with Gasteiger partial charge in [0, 0.05) is 23.7 Å². The van der Waals surface area contributed by atoms with E-state index in [1.165, 1.54) is 11.1 Å². The van der Waals surface area contributed by atoms with Crippen LogP contribution in [0.15, 0.2) is 116 Å². The van der Waals surface area contributed by atoms with Crippen LogP contribution in [0.25, 0.3) is 16.8 Å². The van der Waals surface area contributed by atoms with Crippen LogP contribution in [0.5, 0.6) is 0 Å². The van der Waals surface area contributed by atoms with Crippen LogP contribution in [0.4, 0.5) is 0 Å². The van der Waals surface area contributed by atoms with Crippen molar-refractivity contribution < 1.29 is 0 Å². The van der Waals surface area contributed by atoms with Crippen LogP contribution in [0.1, 0.15) is 36.5 Å². The van der Waals surface area contributed by atoms with Gasteiger partial charge < -0.3 is 5.73 Å². The van der Waals surface area contributed by atoms with Gasteiger partial charge in [0.15, 0.2) is 0 Å². The lowest BCUT2D eigenvalue weighted by Crippen LogP contribution is -1.99. The lowest BCUT2D eigenvalue weighted by Gasteiger charge is -2.13. The van der Waals surface area contributed by atoms with Gasteiger partial charge in [-0.25, -0.2) is 0 Å². The number of aromatic nitrogens is 1. The smallest absolute Gasteiger partial charge is 0.0387 e. The summed E-state index contributed by atoms with van der Waals surface area (Å²) in [5.74, 6) is 0.256. The topological polar surface area (TPSA) is 38.9 Å². The normalized spacial score (nSPS) is 13.4. The maximum absolute atomic E-state index is 6.36. The Labute approximate surface area is 186 Å². The standard InChI is InChI=1S/C29H30N2/c1-3-4-17-29(30)28-20-26(19-27(21-28)25-16-11-18-31-22-25)23(2)12-7-5-8-13-24-14-9-6-10-15-24/h3-12,14-23H,13,30H2,1-2H3/b4-3-,8-5-,12-7-,29-17-. The van der Waals surface area contributed by atoms with E-state index >= 15 is 0 Å². The van der Waals surface area contributed by atoms with Crippen molar-refractivity contribution in [3.63, 3.8) is 0 Å². The summed E-state index contributed by atoms with van der Waals surface area (Å²) >= 11 is 0. The summed E-state index contributed by atoms with van der Waals surface area (Å²) in [7, 11) is 0. The molecule has 156 valence electrons. The Morgan fingerprint density at radius 3 is 2.55 bits per heavy atom. The van der Waals surface area contributed by atoms with Crippen molar-refractivity contribution in [2.24, 2.45) is 5.73 Å². The van der Waals surface area contributed by atoms with Gasteiger partial charge in [-0.05, 0) is 65.8 Å². The molecule has 3 rings (SSSR count). The van der Waals surface area contributed by atoms with Gasteiger partial charge in [0.05, 0.1) is 0 Å². The first-order chi connectivity index (χ1) is 15.2. The number of benzene rings is 2. The maximum atomic E-state index is 6.36. The molecule has 1 heterocycles. The van der Waals surface area contributed by atoms with Crippen LogP contribution in [0, 0.1) is 0 Å². The molecule has 0 aliphatic rings. The van der Waals surface area contributed by atoms with E-state index < -0.39 is 0 Å². The summed E-state index contributed by atoms with van der Waals surface area (Å²) in [6, 6.07) is 21.1. The first kappa shape index (κ1) is 22.0. The van der Waals surface area contributed by atoms with Crippen LogP contribution in [0.2, 0.25) is 0 Å². The summed E-state index contributed by atoms with van der Waals surface area (Å²) in [4.78, 5) is 4.27. The third-order valence-electron chi connectivity index (χ3n) is 5.12. The number of allylic oxidation sites excluding steroid dienone is 7. The van der Waals surface area contributed by atoms with Crippen LogP contribution in [0.3, 0.4) is 0 Å². The predicted molar refractivity (Wildman–Crippen MR) is 133 cm³/mol. The largest absolute Gasteiger partial charge is 0.398 e. The zero-order chi connectivity index (χ0) is 21.9. The fraction of sp³-hybridized carbons (Fsp3) is 0.138. The Balaban J connectivity index is 1.82. The summed E-state index contributed by atoms with van der Waals surface area (Å²) in [5.41, 5.74) is 12.9. The third kappa shape index (κ3) is 6.68. The molecule has 3 aromatic rings. The van der Waals surface area contributed by atoms with E-state index in [1.54, 1.807) is 6.20 Å². The van der Waals surface area contributed by atoms with Gasteiger partial charge in [0.1, 0.15) is 0 Å². The zero-order valence-corrected chi connectivity index (χ0v) is 18.3. The van der Waals surface area contributed by atoms with E-state index in [0.717, 1.165) is 28.8 Å². The molecule has 1 unspecified atom stereocenters. The van der Waals surface area contributed by atoms with E-state index in [9.17, 15) is 0 Å². The fourth-order valence-electron chi connectivity index (χ4n) is 3.32. The molecule has 0 bridgehead atoms. The van der Waals surface area contributed by atoms with E-state index in [4.69, 9.17) is 5.73 Å². The summed E-state index contributed by atoms with van der Waals surface area (Å²) in [6.07, 6.45) is 19.2. The molecule has 0 fully saturated rings. The van der Waals surface area contributed by atoms with Gasteiger partial charge in [-0.15, -0.1) is 0 Å². The molecule has 0 aliphatic heterocycles. The number of hydrogen-bond donors (Lipinski definition) is 1. The zero-order valence-electron chi connectivity index (χ0n) is 18.3. The van der Waals surface area contributed by atoms with Crippen molar-refractivity contribution in [1.82, 2.24) is 4.98 Å². The highest BCUT2D eigenvalue weighted by molar-refractivity contribution is 5.73. The second kappa shape index (κ2) is 11.5. The van der Waals surface area contributed by atoms with Gasteiger partial charge in [-0.2, -0.15) is 0 Å². The monoisotopic (exact) mass is 406 g/mol. The number of rotatable bonds is 8. The van der Waals surface area contributed by atoms with Crippen molar-refractivity contribution in [3.05, 3.63) is 132 Å². The molecule has 2 N–H and O–H groups in total. The average molecular weight is 407 g/mol. The Hall–Kier alpha value is -3.65. The van der Waals surface area contributed by atoms with E-state index in [0.29, 0.717) is 0 Å². The first-order valence-corrected chi connectivity index (χ1v) is 10.7. The van der Waals surface area contributed by atoms with Crippen LogP contribution in [-0.4, -0.2) is 4.98 Å². The Morgan fingerprint density at radius 1 is 0.968 bits per heavy atom. The molecule has 0 saturated carbocycles. The van der Waals surface area contributed by atoms with Crippen molar-refractivity contribution in [1.29, 1.82) is 0 Å². The van der Waals surface area contributed by atoms with Gasteiger partial charge in [0.2, 0.25) is 0 Å². The molecule has 2 nitrogen and oxygen atoms in total. The molecule has 1 atom stereocenters. The SMILES string of the molecule is C/C=C\C=C(/N)c1cc(-c2cccnc2)cc(C(C)/C=C\C=C/Cc2ccccc2)c1. The van der Waals surface area contributed by atoms with Crippen molar-refractivity contribution >= 4 is 5.70 Å². The summed E-state index contributed by atoms with van der Waals surface area (Å²) in [5, 5.41) is 0. The molecule has 0 spiro atoms. The second-order valence-electron chi connectivity index (χ2n) is 7.52. The predicted octanol–water partition coefficient (Wildman–Crippen LogP) is 7.08. The minimum absolute atomic E-state index is 0.256. The van der Waals surface area contributed by atoms with Gasteiger partial charge in [0.25, 0.3) is 0 Å². The fourth-order valence-corrected chi connectivity index (χ4v) is 3.32. The minimum Gasteiger partial charge on any atom is -0.398 e. The highest BCUT2D eigenvalue weighted by Crippen LogP contribution is 2.28. The Bertz CT molecular complexity index is 1070. The van der Waals surface area contributed by atoms with Crippen LogP contribution >= 0.6 is 0 Å². The minimum atomic E-state index is 0.256. The highest BCUT2D eigenvalue weighted by Gasteiger charge is 2.09. The molecular formula is C29H30N2. The molecule has 0 saturated heterocycles. The molecule has 0 aliphatic carbocycles. The van der Waals surface area contributed by atoms with Crippen LogP contribution in [-0.2, 0) is 6.42 Å². The average Bonchev–Trinajstić information content (AvgIpc) is 2.83. The van der Waals surface area contributed by atoms with E-state index in [2.05, 4.69) is 84.7 Å². The molecule has 2 heteroatoms. The molecule has 2 aromatic carbocycles. The molecule has 0 amide bonds. The van der Waals surface area contributed by atoms with E-state index in [-0.39, 0.29) is 5.92 Å². The van der Waals surface area contributed by atoms with Crippen molar-refractivity contribution in [3.8, 4) is 11.1 Å². The van der Waals surface area contributed by atoms with Gasteiger partial charge in [-0.1, -0.05) is 85.8 Å². The van der Waals surface area contributed by atoms with Gasteiger partial charge in [-0.3, -0.25) is 4.98 Å². The molecular weight excluding hydrogens is 376 g/mol. The lowest BCUT2D eigenvalue weighted by atomic mass is 9.93. The second-order valence-corrected chi connectivity index (χ2v) is 7.52. The first-order valence-electron chi connectivity index (χ1n) is 10.7. The maximum Gasteiger partial charge on any atom is 0.0387 e. The Morgan fingerprint density at radius 2 is 1.81 bits per heavy atom. The van der Waals surface area contributed by atoms with Crippen LogP contribution < -0.4 is 5.73 Å². The quantitative estimate of drug-likeness (QED) is 0.406. The molecule has 0 radical (unpaired) electrons. The molecule has 1 aromatic heterocycles. The third-order valence-corrected chi connectivity index (χ3v) is 5.12. The summed E-state index contributed by atoms with van der Waals surface area (Å²) < 4.78 is 0.